The Bertz CT molecular complexity index is 126. The van der Waals surface area contributed by atoms with Crippen molar-refractivity contribution in [1.82, 2.24) is 0 Å². The van der Waals surface area contributed by atoms with Gasteiger partial charge in [-0.3, -0.25) is 0 Å². The van der Waals surface area contributed by atoms with E-state index in [1.54, 1.807) is 0 Å². The third kappa shape index (κ3) is 1.88. The fourth-order valence-electron chi connectivity index (χ4n) is 2.28. The molecule has 2 fully saturated rings. The lowest BCUT2D eigenvalue weighted by atomic mass is 9.79. The molecule has 2 rings (SSSR count). The normalized spacial score (nSPS) is 29.2. The van der Waals surface area contributed by atoms with Crippen LogP contribution in [0.3, 0.4) is 0 Å². The molecule has 0 bridgehead atoms. The second kappa shape index (κ2) is 3.32. The first kappa shape index (κ1) is 9.34. The number of nitrogens with two attached hydrogens (primary N) is 1. The quantitative estimate of drug-likeness (QED) is 0.651. The topological polar surface area (TPSA) is 26.0 Å². The van der Waals surface area contributed by atoms with Crippen LogP contribution in [0.25, 0.3) is 0 Å². The molecule has 2 N–H and O–H groups in total. The van der Waals surface area contributed by atoms with E-state index in [-0.39, 0.29) is 17.9 Å². The van der Waals surface area contributed by atoms with E-state index in [4.69, 9.17) is 5.73 Å². The molecule has 2 saturated carbocycles. The first-order valence-corrected chi connectivity index (χ1v) is 4.60. The summed E-state index contributed by atoms with van der Waals surface area (Å²) >= 11 is 0. The summed E-state index contributed by atoms with van der Waals surface area (Å²) in [5.74, 6) is 0.910. The van der Waals surface area contributed by atoms with Gasteiger partial charge in [0.25, 0.3) is 0 Å². The molecule has 0 atom stereocenters. The summed E-state index contributed by atoms with van der Waals surface area (Å²) in [5.41, 5.74) is 6.55. The molecule has 0 aliphatic heterocycles. The standard InChI is InChI=1S/C9H17N.ClH/c10-9(8-4-5-8)6-2-1-3-7-9;/h8H,1-7,10H2;1H. The maximum Gasteiger partial charge on any atom is 0.0182 e. The molecule has 0 aromatic heterocycles. The van der Waals surface area contributed by atoms with Gasteiger partial charge < -0.3 is 5.73 Å². The van der Waals surface area contributed by atoms with Gasteiger partial charge in [-0.15, -0.1) is 12.4 Å². The Balaban J connectivity index is 0.000000605. The highest BCUT2D eigenvalue weighted by molar-refractivity contribution is 5.85. The minimum atomic E-state index is 0. The monoisotopic (exact) mass is 175 g/mol. The van der Waals surface area contributed by atoms with Gasteiger partial charge in [-0.1, -0.05) is 19.3 Å². The van der Waals surface area contributed by atoms with E-state index in [1.807, 2.05) is 0 Å². The van der Waals surface area contributed by atoms with Crippen LogP contribution in [0.4, 0.5) is 0 Å². The first-order chi connectivity index (χ1) is 4.81. The van der Waals surface area contributed by atoms with Crippen LogP contribution in [0.1, 0.15) is 44.9 Å². The second-order valence-corrected chi connectivity index (χ2v) is 4.07. The van der Waals surface area contributed by atoms with Crippen molar-refractivity contribution in [2.24, 2.45) is 11.7 Å². The minimum absolute atomic E-state index is 0. The van der Waals surface area contributed by atoms with Gasteiger partial charge in [-0.05, 0) is 31.6 Å². The third-order valence-electron chi connectivity index (χ3n) is 3.17. The van der Waals surface area contributed by atoms with Gasteiger partial charge in [0.2, 0.25) is 0 Å². The lowest BCUT2D eigenvalue weighted by molar-refractivity contribution is 0.261. The summed E-state index contributed by atoms with van der Waals surface area (Å²) in [6.07, 6.45) is 9.62. The highest BCUT2D eigenvalue weighted by atomic mass is 35.5. The fourth-order valence-corrected chi connectivity index (χ4v) is 2.28. The summed E-state index contributed by atoms with van der Waals surface area (Å²) in [6, 6.07) is 0. The average molecular weight is 176 g/mol. The van der Waals surface area contributed by atoms with Crippen LogP contribution < -0.4 is 5.73 Å². The van der Waals surface area contributed by atoms with Crippen molar-refractivity contribution in [3.63, 3.8) is 0 Å². The Morgan fingerprint density at radius 3 is 2.00 bits per heavy atom. The summed E-state index contributed by atoms with van der Waals surface area (Å²) in [4.78, 5) is 0. The van der Waals surface area contributed by atoms with Crippen molar-refractivity contribution in [2.75, 3.05) is 0 Å². The Morgan fingerprint density at radius 2 is 1.55 bits per heavy atom. The Kier molecular flexibility index (Phi) is 2.82. The van der Waals surface area contributed by atoms with Crippen LogP contribution in [0.2, 0.25) is 0 Å². The lowest BCUT2D eigenvalue weighted by Crippen LogP contribution is -2.43. The van der Waals surface area contributed by atoms with E-state index in [0.717, 1.165) is 5.92 Å². The molecule has 1 nitrogen and oxygen atoms in total. The van der Waals surface area contributed by atoms with Gasteiger partial charge in [-0.2, -0.15) is 0 Å². The number of halogens is 1. The molecule has 2 aliphatic carbocycles. The zero-order chi connectivity index (χ0) is 7.03. The van der Waals surface area contributed by atoms with Gasteiger partial charge >= 0.3 is 0 Å². The zero-order valence-electron chi connectivity index (χ0n) is 7.01. The van der Waals surface area contributed by atoms with Gasteiger partial charge in [0.15, 0.2) is 0 Å². The third-order valence-corrected chi connectivity index (χ3v) is 3.17. The predicted molar refractivity (Wildman–Crippen MR) is 50.0 cm³/mol. The van der Waals surface area contributed by atoms with Crippen LogP contribution in [0, 0.1) is 5.92 Å². The van der Waals surface area contributed by atoms with Crippen molar-refractivity contribution in [3.8, 4) is 0 Å². The largest absolute Gasteiger partial charge is 0.325 e. The van der Waals surface area contributed by atoms with E-state index < -0.39 is 0 Å². The van der Waals surface area contributed by atoms with Crippen molar-refractivity contribution < 1.29 is 0 Å². The summed E-state index contributed by atoms with van der Waals surface area (Å²) in [7, 11) is 0. The van der Waals surface area contributed by atoms with Crippen molar-refractivity contribution >= 4 is 12.4 Å². The smallest absolute Gasteiger partial charge is 0.0182 e. The highest BCUT2D eigenvalue weighted by Gasteiger charge is 2.42. The second-order valence-electron chi connectivity index (χ2n) is 4.07. The van der Waals surface area contributed by atoms with Crippen LogP contribution in [-0.4, -0.2) is 5.54 Å². The molecule has 0 aromatic carbocycles. The number of hydrogen-bond acceptors (Lipinski definition) is 1. The van der Waals surface area contributed by atoms with E-state index in [2.05, 4.69) is 0 Å². The van der Waals surface area contributed by atoms with E-state index in [0.29, 0.717) is 0 Å². The summed E-state index contributed by atoms with van der Waals surface area (Å²) in [5, 5.41) is 0. The van der Waals surface area contributed by atoms with Crippen LogP contribution in [-0.2, 0) is 0 Å². The zero-order valence-corrected chi connectivity index (χ0v) is 7.83. The molecule has 0 spiro atoms. The van der Waals surface area contributed by atoms with Gasteiger partial charge in [0, 0.05) is 5.54 Å². The maximum atomic E-state index is 6.26. The molecule has 0 aromatic rings. The van der Waals surface area contributed by atoms with Gasteiger partial charge in [0.05, 0.1) is 0 Å². The molecule has 0 heterocycles. The minimum Gasteiger partial charge on any atom is -0.325 e. The van der Waals surface area contributed by atoms with E-state index in [9.17, 15) is 0 Å². The maximum absolute atomic E-state index is 6.26. The van der Waals surface area contributed by atoms with Crippen LogP contribution >= 0.6 is 12.4 Å². The van der Waals surface area contributed by atoms with Gasteiger partial charge in [0.1, 0.15) is 0 Å². The molecule has 11 heavy (non-hydrogen) atoms. The molecule has 0 amide bonds. The Morgan fingerprint density at radius 1 is 1.00 bits per heavy atom. The number of hydrogen-bond donors (Lipinski definition) is 1. The average Bonchev–Trinajstić information content (AvgIpc) is 2.69. The van der Waals surface area contributed by atoms with E-state index in [1.165, 1.54) is 44.9 Å². The van der Waals surface area contributed by atoms with Crippen LogP contribution in [0.15, 0.2) is 0 Å². The summed E-state index contributed by atoms with van der Waals surface area (Å²) in [6.45, 7) is 0. The van der Waals surface area contributed by atoms with Gasteiger partial charge in [-0.25, -0.2) is 0 Å². The SMILES string of the molecule is Cl.NC1(C2CC2)CCCCC1. The molecule has 66 valence electrons. The van der Waals surface area contributed by atoms with Crippen LogP contribution in [0.5, 0.6) is 0 Å². The molecule has 0 saturated heterocycles. The molecular weight excluding hydrogens is 158 g/mol. The summed E-state index contributed by atoms with van der Waals surface area (Å²) < 4.78 is 0. The first-order valence-electron chi connectivity index (χ1n) is 4.60. The van der Waals surface area contributed by atoms with Crippen molar-refractivity contribution in [2.45, 2.75) is 50.5 Å². The molecule has 0 unspecified atom stereocenters. The van der Waals surface area contributed by atoms with Crippen molar-refractivity contribution in [3.05, 3.63) is 0 Å². The Hall–Kier alpha value is 0.250. The molecule has 0 radical (unpaired) electrons. The van der Waals surface area contributed by atoms with Crippen molar-refractivity contribution in [1.29, 1.82) is 0 Å². The predicted octanol–water partition coefficient (Wildman–Crippen LogP) is 2.48. The lowest BCUT2D eigenvalue weighted by Gasteiger charge is -2.33. The highest BCUT2D eigenvalue weighted by Crippen LogP contribution is 2.45. The number of rotatable bonds is 1. The fraction of sp³-hybridized carbons (Fsp3) is 1.00. The molecular formula is C9H18ClN. The molecule has 2 aliphatic rings. The van der Waals surface area contributed by atoms with E-state index >= 15 is 0 Å². The molecule has 2 heteroatoms. The Labute approximate surface area is 75.1 Å².